The van der Waals surface area contributed by atoms with Crippen LogP contribution in [0, 0.1) is 0 Å². The summed E-state index contributed by atoms with van der Waals surface area (Å²) in [6.45, 7) is 4.73. The number of H-pyrrole nitrogens is 1. The molecule has 0 atom stereocenters. The van der Waals surface area contributed by atoms with Crippen LogP contribution >= 0.6 is 0 Å². The lowest BCUT2D eigenvalue weighted by molar-refractivity contribution is 0.667. The third-order valence-electron chi connectivity index (χ3n) is 6.17. The highest BCUT2D eigenvalue weighted by atomic mass is 14.7. The van der Waals surface area contributed by atoms with Crippen molar-refractivity contribution in [2.75, 3.05) is 0 Å². The highest BCUT2D eigenvalue weighted by Gasteiger charge is 2.38. The Hall–Kier alpha value is -3.06. The first-order chi connectivity index (χ1) is 12.7. The van der Waals surface area contributed by atoms with Crippen molar-refractivity contribution in [1.82, 2.24) is 4.98 Å². The summed E-state index contributed by atoms with van der Waals surface area (Å²) < 4.78 is 0. The van der Waals surface area contributed by atoms with E-state index in [4.69, 9.17) is 0 Å². The van der Waals surface area contributed by atoms with Crippen molar-refractivity contribution in [3.63, 3.8) is 0 Å². The number of hydrogen-bond donors (Lipinski definition) is 1. The molecule has 1 aliphatic carbocycles. The molecule has 0 saturated carbocycles. The minimum atomic E-state index is -0.00189. The molecule has 0 unspecified atom stereocenters. The Morgan fingerprint density at radius 2 is 1.46 bits per heavy atom. The molecule has 1 nitrogen and oxygen atoms in total. The van der Waals surface area contributed by atoms with Crippen LogP contribution in [0.25, 0.3) is 43.7 Å². The van der Waals surface area contributed by atoms with Crippen molar-refractivity contribution in [2.45, 2.75) is 19.3 Å². The topological polar surface area (TPSA) is 15.8 Å². The summed E-state index contributed by atoms with van der Waals surface area (Å²) in [5, 5.41) is 5.37. The molecule has 6 rings (SSSR count). The number of hydrogen-bond acceptors (Lipinski definition) is 0. The number of benzene rings is 4. The Morgan fingerprint density at radius 1 is 0.692 bits per heavy atom. The molecule has 0 spiro atoms. The fourth-order valence-corrected chi connectivity index (χ4v) is 5.03. The first-order valence-electron chi connectivity index (χ1n) is 9.23. The Labute approximate surface area is 152 Å². The number of nitrogens with one attached hydrogen (secondary N) is 1. The Balaban J connectivity index is 1.87. The molecule has 5 aromatic rings. The van der Waals surface area contributed by atoms with E-state index < -0.39 is 0 Å². The summed E-state index contributed by atoms with van der Waals surface area (Å²) in [6, 6.07) is 26.6. The summed E-state index contributed by atoms with van der Waals surface area (Å²) in [6.07, 6.45) is 0. The molecule has 1 aromatic heterocycles. The van der Waals surface area contributed by atoms with Gasteiger partial charge in [-0.1, -0.05) is 74.5 Å². The average Bonchev–Trinajstić information content (AvgIpc) is 3.15. The van der Waals surface area contributed by atoms with Gasteiger partial charge >= 0.3 is 0 Å². The van der Waals surface area contributed by atoms with Crippen LogP contribution in [-0.2, 0) is 5.41 Å². The van der Waals surface area contributed by atoms with E-state index in [0.29, 0.717) is 0 Å². The smallest absolute Gasteiger partial charge is 0.0471 e. The molecule has 0 aliphatic heterocycles. The standard InChI is InChI=1S/C25H19N/c1-25(2)19-13-14-21-23(17-9-5-6-10-20(17)26-21)22(19)18-12-11-15-7-3-4-8-16(15)24(18)25/h3-14,26H,1-2H3. The molecular formula is C25H19N. The monoisotopic (exact) mass is 333 g/mol. The lowest BCUT2D eigenvalue weighted by atomic mass is 9.80. The van der Waals surface area contributed by atoms with E-state index in [1.165, 1.54) is 54.8 Å². The molecule has 0 radical (unpaired) electrons. The molecule has 1 aliphatic rings. The molecular weight excluding hydrogens is 314 g/mol. The van der Waals surface area contributed by atoms with E-state index in [1.807, 2.05) is 0 Å². The van der Waals surface area contributed by atoms with Gasteiger partial charge in [0.1, 0.15) is 0 Å². The number of aromatic amines is 1. The van der Waals surface area contributed by atoms with Gasteiger partial charge in [0.25, 0.3) is 0 Å². The van der Waals surface area contributed by atoms with E-state index in [9.17, 15) is 0 Å². The molecule has 1 heterocycles. The van der Waals surface area contributed by atoms with Gasteiger partial charge < -0.3 is 4.98 Å². The van der Waals surface area contributed by atoms with Gasteiger partial charge in [0.05, 0.1) is 0 Å². The molecule has 0 saturated heterocycles. The van der Waals surface area contributed by atoms with Gasteiger partial charge in [-0.3, -0.25) is 0 Å². The van der Waals surface area contributed by atoms with Crippen molar-refractivity contribution in [3.05, 3.63) is 83.9 Å². The zero-order chi connectivity index (χ0) is 17.5. The van der Waals surface area contributed by atoms with Gasteiger partial charge in [0.15, 0.2) is 0 Å². The maximum Gasteiger partial charge on any atom is 0.0471 e. The maximum absolute atomic E-state index is 3.60. The maximum atomic E-state index is 3.60. The third kappa shape index (κ3) is 1.56. The SMILES string of the molecule is CC1(C)c2ccc3[nH]c4ccccc4c3c2-c2ccc3ccccc3c21. The van der Waals surface area contributed by atoms with E-state index in [1.54, 1.807) is 0 Å². The van der Waals surface area contributed by atoms with Crippen LogP contribution in [0.1, 0.15) is 25.0 Å². The van der Waals surface area contributed by atoms with Gasteiger partial charge in [0.2, 0.25) is 0 Å². The van der Waals surface area contributed by atoms with Crippen molar-refractivity contribution < 1.29 is 0 Å². The van der Waals surface area contributed by atoms with E-state index in [2.05, 4.69) is 91.6 Å². The van der Waals surface area contributed by atoms with Crippen LogP contribution in [0.2, 0.25) is 0 Å². The molecule has 1 heteroatoms. The minimum Gasteiger partial charge on any atom is -0.354 e. The second-order valence-corrected chi connectivity index (χ2v) is 7.92. The van der Waals surface area contributed by atoms with Crippen molar-refractivity contribution in [3.8, 4) is 11.1 Å². The predicted molar refractivity (Wildman–Crippen MR) is 111 cm³/mol. The Bertz CT molecular complexity index is 1350. The second kappa shape index (κ2) is 4.56. The largest absolute Gasteiger partial charge is 0.354 e. The van der Waals surface area contributed by atoms with Crippen molar-refractivity contribution in [1.29, 1.82) is 0 Å². The van der Waals surface area contributed by atoms with Crippen molar-refractivity contribution in [2.24, 2.45) is 0 Å². The van der Waals surface area contributed by atoms with Crippen LogP contribution < -0.4 is 0 Å². The summed E-state index contributed by atoms with van der Waals surface area (Å²) in [5.74, 6) is 0. The van der Waals surface area contributed by atoms with Crippen molar-refractivity contribution >= 4 is 32.6 Å². The number of rotatable bonds is 0. The van der Waals surface area contributed by atoms with Crippen LogP contribution in [0.4, 0.5) is 0 Å². The van der Waals surface area contributed by atoms with Crippen LogP contribution in [0.15, 0.2) is 72.8 Å². The highest BCUT2D eigenvalue weighted by molar-refractivity contribution is 6.17. The number of fused-ring (bicyclic) bond motifs is 9. The van der Waals surface area contributed by atoms with Crippen LogP contribution in [0.3, 0.4) is 0 Å². The van der Waals surface area contributed by atoms with E-state index >= 15 is 0 Å². The van der Waals surface area contributed by atoms with Gasteiger partial charge in [-0.2, -0.15) is 0 Å². The molecule has 1 N–H and O–H groups in total. The summed E-state index contributed by atoms with van der Waals surface area (Å²) in [7, 11) is 0. The number of para-hydroxylation sites is 1. The van der Waals surface area contributed by atoms with Gasteiger partial charge in [-0.25, -0.2) is 0 Å². The average molecular weight is 333 g/mol. The minimum absolute atomic E-state index is 0.00189. The third-order valence-corrected chi connectivity index (χ3v) is 6.17. The first kappa shape index (κ1) is 14.1. The van der Waals surface area contributed by atoms with Crippen LogP contribution in [0.5, 0.6) is 0 Å². The summed E-state index contributed by atoms with van der Waals surface area (Å²) in [5.41, 5.74) is 8.12. The van der Waals surface area contributed by atoms with Gasteiger partial charge in [-0.05, 0) is 45.2 Å². The molecule has 0 fully saturated rings. The first-order valence-corrected chi connectivity index (χ1v) is 9.23. The Kier molecular flexibility index (Phi) is 2.48. The molecule has 0 amide bonds. The molecule has 124 valence electrons. The quantitative estimate of drug-likeness (QED) is 0.321. The second-order valence-electron chi connectivity index (χ2n) is 7.92. The Morgan fingerprint density at radius 3 is 2.35 bits per heavy atom. The molecule has 4 aromatic carbocycles. The van der Waals surface area contributed by atoms with Gasteiger partial charge in [-0.15, -0.1) is 0 Å². The number of aromatic nitrogens is 1. The van der Waals surface area contributed by atoms with E-state index in [-0.39, 0.29) is 5.41 Å². The molecule has 0 bridgehead atoms. The fourth-order valence-electron chi connectivity index (χ4n) is 5.03. The normalized spacial score (nSPS) is 14.8. The zero-order valence-corrected chi connectivity index (χ0v) is 14.9. The predicted octanol–water partition coefficient (Wildman–Crippen LogP) is 6.78. The summed E-state index contributed by atoms with van der Waals surface area (Å²) >= 11 is 0. The highest BCUT2D eigenvalue weighted by Crippen LogP contribution is 2.54. The zero-order valence-electron chi connectivity index (χ0n) is 14.9. The van der Waals surface area contributed by atoms with E-state index in [0.717, 1.165) is 0 Å². The fraction of sp³-hybridized carbons (Fsp3) is 0.120. The lowest BCUT2D eigenvalue weighted by Crippen LogP contribution is -2.15. The lowest BCUT2D eigenvalue weighted by Gasteiger charge is -2.23. The van der Waals surface area contributed by atoms with Crippen LogP contribution in [-0.4, -0.2) is 4.98 Å². The molecule has 26 heavy (non-hydrogen) atoms. The van der Waals surface area contributed by atoms with Gasteiger partial charge in [0, 0.05) is 27.2 Å². The summed E-state index contributed by atoms with van der Waals surface area (Å²) in [4.78, 5) is 3.60.